The fourth-order valence-electron chi connectivity index (χ4n) is 1.98. The maximum atomic E-state index is 11.5. The molecule has 1 amide bonds. The van der Waals surface area contributed by atoms with E-state index in [9.17, 15) is 4.79 Å². The number of hydrogen-bond acceptors (Lipinski definition) is 3. The van der Waals surface area contributed by atoms with E-state index in [-0.39, 0.29) is 5.91 Å². The van der Waals surface area contributed by atoms with Crippen molar-refractivity contribution < 1.29 is 9.21 Å². The van der Waals surface area contributed by atoms with Crippen molar-refractivity contribution in [1.82, 2.24) is 10.6 Å². The Bertz CT molecular complexity index is 316. The monoisotopic (exact) mass is 222 g/mol. The van der Waals surface area contributed by atoms with Crippen LogP contribution in [0.15, 0.2) is 22.8 Å². The van der Waals surface area contributed by atoms with Gasteiger partial charge in [-0.05, 0) is 44.0 Å². The quantitative estimate of drug-likeness (QED) is 0.789. The minimum atomic E-state index is 0.114. The molecule has 16 heavy (non-hydrogen) atoms. The van der Waals surface area contributed by atoms with Crippen molar-refractivity contribution in [2.45, 2.75) is 25.8 Å². The zero-order valence-corrected chi connectivity index (χ0v) is 9.37. The lowest BCUT2D eigenvalue weighted by atomic mass is 10.0. The lowest BCUT2D eigenvalue weighted by Gasteiger charge is -2.07. The average molecular weight is 222 g/mol. The van der Waals surface area contributed by atoms with Crippen LogP contribution in [0.4, 0.5) is 0 Å². The number of amides is 1. The van der Waals surface area contributed by atoms with Gasteiger partial charge < -0.3 is 15.1 Å². The molecule has 4 nitrogen and oxygen atoms in total. The lowest BCUT2D eigenvalue weighted by molar-refractivity contribution is -0.121. The van der Waals surface area contributed by atoms with Crippen LogP contribution >= 0.6 is 0 Å². The highest BCUT2D eigenvalue weighted by Crippen LogP contribution is 2.13. The van der Waals surface area contributed by atoms with Gasteiger partial charge in [0.25, 0.3) is 0 Å². The van der Waals surface area contributed by atoms with Gasteiger partial charge in [0.1, 0.15) is 5.76 Å². The third-order valence-corrected chi connectivity index (χ3v) is 2.98. The number of hydrogen-bond donors (Lipinski definition) is 2. The predicted octanol–water partition coefficient (Wildman–Crippen LogP) is 1.29. The van der Waals surface area contributed by atoms with E-state index in [4.69, 9.17) is 4.42 Å². The van der Waals surface area contributed by atoms with E-state index in [0.29, 0.717) is 18.9 Å². The van der Waals surface area contributed by atoms with E-state index < -0.39 is 0 Å². The Hall–Kier alpha value is -1.29. The summed E-state index contributed by atoms with van der Waals surface area (Å²) >= 11 is 0. The van der Waals surface area contributed by atoms with Gasteiger partial charge in [0.15, 0.2) is 0 Å². The van der Waals surface area contributed by atoms with Crippen LogP contribution in [0.3, 0.4) is 0 Å². The Kier molecular flexibility index (Phi) is 3.99. The first kappa shape index (κ1) is 11.2. The summed E-state index contributed by atoms with van der Waals surface area (Å²) in [4.78, 5) is 11.5. The van der Waals surface area contributed by atoms with Gasteiger partial charge in [0.2, 0.25) is 5.91 Å². The van der Waals surface area contributed by atoms with E-state index in [1.807, 2.05) is 12.1 Å². The Morgan fingerprint density at radius 3 is 3.25 bits per heavy atom. The molecular weight excluding hydrogens is 204 g/mol. The van der Waals surface area contributed by atoms with E-state index in [0.717, 1.165) is 25.3 Å². The molecule has 0 radical (unpaired) electrons. The van der Waals surface area contributed by atoms with E-state index in [2.05, 4.69) is 10.6 Å². The largest absolute Gasteiger partial charge is 0.467 e. The summed E-state index contributed by atoms with van der Waals surface area (Å²) in [5, 5.41) is 6.16. The van der Waals surface area contributed by atoms with Crippen molar-refractivity contribution in [3.63, 3.8) is 0 Å². The van der Waals surface area contributed by atoms with Crippen LogP contribution in [0.2, 0.25) is 0 Å². The highest BCUT2D eigenvalue weighted by molar-refractivity contribution is 5.75. The molecule has 4 heteroatoms. The van der Waals surface area contributed by atoms with Crippen LogP contribution in [-0.2, 0) is 11.3 Å². The van der Waals surface area contributed by atoms with Gasteiger partial charge in [-0.15, -0.1) is 0 Å². The number of rotatable bonds is 5. The fraction of sp³-hybridized carbons (Fsp3) is 0.583. The molecule has 1 aromatic rings. The van der Waals surface area contributed by atoms with Crippen molar-refractivity contribution in [2.24, 2.45) is 5.92 Å². The second-order valence-corrected chi connectivity index (χ2v) is 4.25. The molecular formula is C12H18N2O2. The van der Waals surface area contributed by atoms with Crippen LogP contribution < -0.4 is 10.6 Å². The minimum Gasteiger partial charge on any atom is -0.467 e. The molecule has 2 rings (SSSR count). The first-order valence-electron chi connectivity index (χ1n) is 5.84. The van der Waals surface area contributed by atoms with Gasteiger partial charge in [0, 0.05) is 6.42 Å². The van der Waals surface area contributed by atoms with Crippen molar-refractivity contribution in [2.75, 3.05) is 13.1 Å². The summed E-state index contributed by atoms with van der Waals surface area (Å²) in [5.74, 6) is 1.59. The second kappa shape index (κ2) is 5.70. The van der Waals surface area contributed by atoms with Gasteiger partial charge in [-0.25, -0.2) is 0 Å². The lowest BCUT2D eigenvalue weighted by Crippen LogP contribution is -2.23. The molecule has 0 spiro atoms. The summed E-state index contributed by atoms with van der Waals surface area (Å²) < 4.78 is 5.14. The minimum absolute atomic E-state index is 0.114. The molecule has 1 aliphatic heterocycles. The molecule has 1 atom stereocenters. The topological polar surface area (TPSA) is 54.3 Å². The predicted molar refractivity (Wildman–Crippen MR) is 60.8 cm³/mol. The summed E-state index contributed by atoms with van der Waals surface area (Å²) in [7, 11) is 0. The fourth-order valence-corrected chi connectivity index (χ4v) is 1.98. The Morgan fingerprint density at radius 1 is 1.62 bits per heavy atom. The summed E-state index contributed by atoms with van der Waals surface area (Å²) in [6, 6.07) is 3.69. The van der Waals surface area contributed by atoms with Crippen LogP contribution in [0.25, 0.3) is 0 Å². The first-order valence-corrected chi connectivity index (χ1v) is 5.84. The highest BCUT2D eigenvalue weighted by Gasteiger charge is 2.15. The average Bonchev–Trinajstić information content (AvgIpc) is 2.96. The summed E-state index contributed by atoms with van der Waals surface area (Å²) in [5.41, 5.74) is 0. The van der Waals surface area contributed by atoms with Crippen LogP contribution in [-0.4, -0.2) is 19.0 Å². The molecule has 2 N–H and O–H groups in total. The summed E-state index contributed by atoms with van der Waals surface area (Å²) in [6.07, 6.45) is 4.42. The molecule has 0 aromatic carbocycles. The molecule has 1 fully saturated rings. The standard InChI is InChI=1S/C12H18N2O2/c15-12(4-3-10-5-6-13-8-10)14-9-11-2-1-7-16-11/h1-2,7,10,13H,3-6,8-9H2,(H,14,15). The smallest absolute Gasteiger partial charge is 0.220 e. The third-order valence-electron chi connectivity index (χ3n) is 2.98. The molecule has 0 aliphatic carbocycles. The van der Waals surface area contributed by atoms with E-state index in [1.165, 1.54) is 6.42 Å². The number of nitrogens with one attached hydrogen (secondary N) is 2. The van der Waals surface area contributed by atoms with Crippen molar-refractivity contribution in [3.05, 3.63) is 24.2 Å². The normalized spacial score (nSPS) is 19.9. The van der Waals surface area contributed by atoms with Crippen molar-refractivity contribution in [1.29, 1.82) is 0 Å². The molecule has 1 aliphatic rings. The van der Waals surface area contributed by atoms with Gasteiger partial charge in [0.05, 0.1) is 12.8 Å². The highest BCUT2D eigenvalue weighted by atomic mass is 16.3. The maximum absolute atomic E-state index is 11.5. The summed E-state index contributed by atoms with van der Waals surface area (Å²) in [6.45, 7) is 2.65. The van der Waals surface area contributed by atoms with Crippen LogP contribution in [0, 0.1) is 5.92 Å². The molecule has 1 saturated heterocycles. The SMILES string of the molecule is O=C(CCC1CCNC1)NCc1ccco1. The Morgan fingerprint density at radius 2 is 2.56 bits per heavy atom. The molecule has 1 aromatic heterocycles. The Labute approximate surface area is 95.4 Å². The van der Waals surface area contributed by atoms with E-state index >= 15 is 0 Å². The Balaban J connectivity index is 1.60. The number of carbonyl (C=O) groups excluding carboxylic acids is 1. The molecule has 0 saturated carbocycles. The van der Waals surface area contributed by atoms with Crippen molar-refractivity contribution in [3.8, 4) is 0 Å². The van der Waals surface area contributed by atoms with E-state index in [1.54, 1.807) is 6.26 Å². The van der Waals surface area contributed by atoms with Gasteiger partial charge >= 0.3 is 0 Å². The number of carbonyl (C=O) groups is 1. The van der Waals surface area contributed by atoms with Crippen molar-refractivity contribution >= 4 is 5.91 Å². The molecule has 0 bridgehead atoms. The van der Waals surface area contributed by atoms with Gasteiger partial charge in [-0.1, -0.05) is 0 Å². The second-order valence-electron chi connectivity index (χ2n) is 4.25. The molecule has 1 unspecified atom stereocenters. The zero-order chi connectivity index (χ0) is 11.2. The maximum Gasteiger partial charge on any atom is 0.220 e. The zero-order valence-electron chi connectivity index (χ0n) is 9.37. The number of furan rings is 1. The van der Waals surface area contributed by atoms with Crippen LogP contribution in [0.1, 0.15) is 25.0 Å². The van der Waals surface area contributed by atoms with Gasteiger partial charge in [-0.2, -0.15) is 0 Å². The third kappa shape index (κ3) is 3.38. The molecule has 88 valence electrons. The molecule has 2 heterocycles. The van der Waals surface area contributed by atoms with Gasteiger partial charge in [-0.3, -0.25) is 4.79 Å². The van der Waals surface area contributed by atoms with Crippen LogP contribution in [0.5, 0.6) is 0 Å². The first-order chi connectivity index (χ1) is 7.84.